The molecule has 0 atom stereocenters. The van der Waals surface area contributed by atoms with Crippen molar-refractivity contribution in [1.29, 1.82) is 0 Å². The van der Waals surface area contributed by atoms with Gasteiger partial charge in [0.15, 0.2) is 0 Å². The second-order valence-electron chi connectivity index (χ2n) is 3.26. The van der Waals surface area contributed by atoms with Gasteiger partial charge in [-0.15, -0.1) is 0 Å². The SMILES string of the molecule is CCN(C/C=C/C(=O)O)c1cccc(F)c1. The first-order chi connectivity index (χ1) is 7.63. The molecule has 0 aliphatic rings. The maximum Gasteiger partial charge on any atom is 0.328 e. The zero-order valence-electron chi connectivity index (χ0n) is 9.06. The van der Waals surface area contributed by atoms with Gasteiger partial charge in [-0.1, -0.05) is 12.1 Å². The minimum Gasteiger partial charge on any atom is -0.478 e. The third-order valence-corrected chi connectivity index (χ3v) is 2.14. The summed E-state index contributed by atoms with van der Waals surface area (Å²) in [5, 5.41) is 8.45. The van der Waals surface area contributed by atoms with Gasteiger partial charge in [-0.25, -0.2) is 9.18 Å². The summed E-state index contributed by atoms with van der Waals surface area (Å²) in [5.41, 5.74) is 0.748. The average Bonchev–Trinajstić information content (AvgIpc) is 2.24. The van der Waals surface area contributed by atoms with Crippen LogP contribution in [0.1, 0.15) is 6.92 Å². The summed E-state index contributed by atoms with van der Waals surface area (Å²) in [5.74, 6) is -1.27. The van der Waals surface area contributed by atoms with Crippen LogP contribution in [0.3, 0.4) is 0 Å². The Balaban J connectivity index is 2.71. The van der Waals surface area contributed by atoms with Crippen molar-refractivity contribution < 1.29 is 14.3 Å². The Morgan fingerprint density at radius 3 is 2.88 bits per heavy atom. The van der Waals surface area contributed by atoms with Crippen molar-refractivity contribution in [1.82, 2.24) is 0 Å². The number of aliphatic carboxylic acids is 1. The number of halogens is 1. The molecule has 86 valence electrons. The highest BCUT2D eigenvalue weighted by Gasteiger charge is 2.02. The first-order valence-electron chi connectivity index (χ1n) is 5.03. The van der Waals surface area contributed by atoms with Crippen molar-refractivity contribution in [3.05, 3.63) is 42.2 Å². The van der Waals surface area contributed by atoms with E-state index in [4.69, 9.17) is 5.11 Å². The monoisotopic (exact) mass is 223 g/mol. The van der Waals surface area contributed by atoms with E-state index in [-0.39, 0.29) is 5.82 Å². The molecule has 3 nitrogen and oxygen atoms in total. The van der Waals surface area contributed by atoms with Crippen LogP contribution in [0.4, 0.5) is 10.1 Å². The average molecular weight is 223 g/mol. The lowest BCUT2D eigenvalue weighted by Crippen LogP contribution is -2.22. The lowest BCUT2D eigenvalue weighted by Gasteiger charge is -2.21. The molecule has 0 saturated carbocycles. The summed E-state index contributed by atoms with van der Waals surface area (Å²) in [7, 11) is 0. The Morgan fingerprint density at radius 2 is 2.31 bits per heavy atom. The minimum absolute atomic E-state index is 0.293. The molecule has 1 N–H and O–H groups in total. The van der Waals surface area contributed by atoms with E-state index in [1.807, 2.05) is 11.8 Å². The zero-order valence-corrected chi connectivity index (χ0v) is 9.06. The number of benzene rings is 1. The van der Waals surface area contributed by atoms with E-state index in [1.165, 1.54) is 18.2 Å². The van der Waals surface area contributed by atoms with Crippen molar-refractivity contribution in [2.45, 2.75) is 6.92 Å². The highest BCUT2D eigenvalue weighted by atomic mass is 19.1. The topological polar surface area (TPSA) is 40.5 Å². The van der Waals surface area contributed by atoms with Gasteiger partial charge < -0.3 is 10.0 Å². The predicted octanol–water partition coefficient (Wildman–Crippen LogP) is 2.29. The number of likely N-dealkylation sites (N-methyl/N-ethyl adjacent to an activating group) is 1. The van der Waals surface area contributed by atoms with Gasteiger partial charge in [0.25, 0.3) is 0 Å². The molecule has 1 rings (SSSR count). The number of carbonyl (C=O) groups is 1. The third-order valence-electron chi connectivity index (χ3n) is 2.14. The fourth-order valence-corrected chi connectivity index (χ4v) is 1.37. The molecule has 0 aliphatic carbocycles. The summed E-state index contributed by atoms with van der Waals surface area (Å²) in [6, 6.07) is 6.23. The molecule has 4 heteroatoms. The van der Waals surface area contributed by atoms with Crippen LogP contribution < -0.4 is 4.90 Å². The highest BCUT2D eigenvalue weighted by molar-refractivity contribution is 5.79. The fourth-order valence-electron chi connectivity index (χ4n) is 1.37. The minimum atomic E-state index is -0.977. The maximum absolute atomic E-state index is 13.0. The molecule has 0 fully saturated rings. The molecule has 0 radical (unpaired) electrons. The second kappa shape index (κ2) is 5.90. The molecule has 0 spiro atoms. The molecular weight excluding hydrogens is 209 g/mol. The van der Waals surface area contributed by atoms with Crippen molar-refractivity contribution in [2.24, 2.45) is 0 Å². The number of hydrogen-bond acceptors (Lipinski definition) is 2. The Morgan fingerprint density at radius 1 is 1.56 bits per heavy atom. The van der Waals surface area contributed by atoms with Crippen LogP contribution in [0.15, 0.2) is 36.4 Å². The lowest BCUT2D eigenvalue weighted by atomic mass is 10.2. The maximum atomic E-state index is 13.0. The van der Waals surface area contributed by atoms with E-state index in [0.29, 0.717) is 13.1 Å². The number of nitrogens with zero attached hydrogens (tertiary/aromatic N) is 1. The summed E-state index contributed by atoms with van der Waals surface area (Å²) < 4.78 is 13.0. The molecule has 0 bridgehead atoms. The van der Waals surface area contributed by atoms with Crippen LogP contribution in [0.25, 0.3) is 0 Å². The van der Waals surface area contributed by atoms with Crippen LogP contribution in [-0.4, -0.2) is 24.2 Å². The second-order valence-corrected chi connectivity index (χ2v) is 3.26. The van der Waals surface area contributed by atoms with E-state index in [0.717, 1.165) is 11.8 Å². The Bertz CT molecular complexity index is 390. The van der Waals surface area contributed by atoms with Gasteiger partial charge in [0.2, 0.25) is 0 Å². The van der Waals surface area contributed by atoms with E-state index >= 15 is 0 Å². The van der Waals surface area contributed by atoms with Gasteiger partial charge in [-0.3, -0.25) is 0 Å². The first kappa shape index (κ1) is 12.2. The fraction of sp³-hybridized carbons (Fsp3) is 0.250. The number of carboxylic acid groups (broad SMARTS) is 1. The van der Waals surface area contributed by atoms with Gasteiger partial charge in [0, 0.05) is 24.9 Å². The summed E-state index contributed by atoms with van der Waals surface area (Å²) in [6.07, 6.45) is 2.62. The predicted molar refractivity (Wildman–Crippen MR) is 61.1 cm³/mol. The van der Waals surface area contributed by atoms with E-state index in [2.05, 4.69) is 0 Å². The zero-order chi connectivity index (χ0) is 12.0. The van der Waals surface area contributed by atoms with Gasteiger partial charge in [-0.05, 0) is 25.1 Å². The summed E-state index contributed by atoms with van der Waals surface area (Å²) in [6.45, 7) is 3.07. The molecule has 16 heavy (non-hydrogen) atoms. The van der Waals surface area contributed by atoms with Crippen molar-refractivity contribution >= 4 is 11.7 Å². The molecule has 0 aliphatic heterocycles. The standard InChI is InChI=1S/C12H14FNO2/c1-2-14(8-4-7-12(15)16)11-6-3-5-10(13)9-11/h3-7,9H,2,8H2,1H3,(H,15,16)/b7-4+. The quantitative estimate of drug-likeness (QED) is 0.778. The van der Waals surface area contributed by atoms with Crippen LogP contribution in [0, 0.1) is 5.82 Å². The lowest BCUT2D eigenvalue weighted by molar-refractivity contribution is -0.131. The number of hydrogen-bond donors (Lipinski definition) is 1. The molecular formula is C12H14FNO2. The van der Waals surface area contributed by atoms with Gasteiger partial charge in [0.05, 0.1) is 0 Å². The van der Waals surface area contributed by atoms with Crippen LogP contribution in [-0.2, 0) is 4.79 Å². The molecule has 0 aromatic heterocycles. The van der Waals surface area contributed by atoms with Crippen LogP contribution in [0.5, 0.6) is 0 Å². The summed E-state index contributed by atoms with van der Waals surface area (Å²) >= 11 is 0. The van der Waals surface area contributed by atoms with Crippen LogP contribution >= 0.6 is 0 Å². The van der Waals surface area contributed by atoms with Crippen molar-refractivity contribution in [2.75, 3.05) is 18.0 Å². The number of carboxylic acids is 1. The molecule has 0 unspecified atom stereocenters. The Kier molecular flexibility index (Phi) is 4.51. The molecule has 0 saturated heterocycles. The van der Waals surface area contributed by atoms with Crippen molar-refractivity contribution in [3.8, 4) is 0 Å². The normalized spacial score (nSPS) is 10.6. The Labute approximate surface area is 93.8 Å². The molecule has 0 amide bonds. The van der Waals surface area contributed by atoms with E-state index in [9.17, 15) is 9.18 Å². The highest BCUT2D eigenvalue weighted by Crippen LogP contribution is 2.14. The third kappa shape index (κ3) is 3.73. The molecule has 1 aromatic rings. The first-order valence-corrected chi connectivity index (χ1v) is 5.03. The van der Waals surface area contributed by atoms with Gasteiger partial charge >= 0.3 is 5.97 Å². The number of rotatable bonds is 5. The summed E-state index contributed by atoms with van der Waals surface area (Å²) in [4.78, 5) is 12.2. The van der Waals surface area contributed by atoms with Gasteiger partial charge in [-0.2, -0.15) is 0 Å². The molecule has 0 heterocycles. The Hall–Kier alpha value is -1.84. The smallest absolute Gasteiger partial charge is 0.328 e. The van der Waals surface area contributed by atoms with Crippen molar-refractivity contribution in [3.63, 3.8) is 0 Å². The molecule has 1 aromatic carbocycles. The van der Waals surface area contributed by atoms with Gasteiger partial charge in [0.1, 0.15) is 5.82 Å². The van der Waals surface area contributed by atoms with E-state index < -0.39 is 5.97 Å². The number of anilines is 1. The van der Waals surface area contributed by atoms with Crippen LogP contribution in [0.2, 0.25) is 0 Å². The largest absolute Gasteiger partial charge is 0.478 e. The van der Waals surface area contributed by atoms with E-state index in [1.54, 1.807) is 12.1 Å².